The number of hydrogen-bond donors (Lipinski definition) is 2. The largest absolute Gasteiger partial charge is 0.337 e. The van der Waals surface area contributed by atoms with E-state index in [9.17, 15) is 17.6 Å². The first-order chi connectivity index (χ1) is 13.6. The number of halogens is 2. The van der Waals surface area contributed by atoms with E-state index >= 15 is 0 Å². The molecule has 10 heteroatoms. The molecule has 2 aromatic carbocycles. The highest BCUT2D eigenvalue weighted by Crippen LogP contribution is 2.34. The number of anilines is 2. The third-order valence-corrected chi connectivity index (χ3v) is 6.09. The molecule has 3 aromatic rings. The van der Waals surface area contributed by atoms with E-state index in [1.54, 1.807) is 26.0 Å². The highest BCUT2D eigenvalue weighted by atomic mass is 79.9. The van der Waals surface area contributed by atoms with E-state index in [1.807, 2.05) is 0 Å². The van der Waals surface area contributed by atoms with Crippen molar-refractivity contribution >= 4 is 43.4 Å². The number of amides is 1. The standard InChI is InChI=1S/C19H17BrFN3O4S/c1-10-4-5-13(18-11(2)23-28-19(18)22-12(3)25)8-17(10)29(26,27)24-16-7-6-14(20)9-15(16)21/h4-9,24H,1-3H3,(H,22,25). The lowest BCUT2D eigenvalue weighted by Gasteiger charge is -2.13. The summed E-state index contributed by atoms with van der Waals surface area (Å²) in [7, 11) is -4.09. The normalized spacial score (nSPS) is 11.3. The second-order valence-corrected chi connectivity index (χ2v) is 8.93. The Labute approximate surface area is 175 Å². The minimum atomic E-state index is -4.09. The van der Waals surface area contributed by atoms with Gasteiger partial charge in [0.2, 0.25) is 11.8 Å². The van der Waals surface area contributed by atoms with Gasteiger partial charge in [-0.1, -0.05) is 33.2 Å². The zero-order valence-corrected chi connectivity index (χ0v) is 18.1. The van der Waals surface area contributed by atoms with E-state index in [2.05, 4.69) is 31.1 Å². The van der Waals surface area contributed by atoms with Crippen LogP contribution in [-0.2, 0) is 14.8 Å². The van der Waals surface area contributed by atoms with Crippen molar-refractivity contribution in [1.82, 2.24) is 5.16 Å². The number of hydrogen-bond acceptors (Lipinski definition) is 5. The predicted molar refractivity (Wildman–Crippen MR) is 111 cm³/mol. The van der Waals surface area contributed by atoms with Crippen LogP contribution in [0, 0.1) is 19.7 Å². The fourth-order valence-corrected chi connectivity index (χ4v) is 4.44. The van der Waals surface area contributed by atoms with Crippen LogP contribution in [0.25, 0.3) is 11.1 Å². The van der Waals surface area contributed by atoms with Crippen LogP contribution >= 0.6 is 15.9 Å². The lowest BCUT2D eigenvalue weighted by Crippen LogP contribution is -2.15. The Morgan fingerprint density at radius 3 is 2.55 bits per heavy atom. The summed E-state index contributed by atoms with van der Waals surface area (Å²) in [6.07, 6.45) is 0. The van der Waals surface area contributed by atoms with Gasteiger partial charge < -0.3 is 4.52 Å². The summed E-state index contributed by atoms with van der Waals surface area (Å²) in [5, 5.41) is 6.37. The molecular weight excluding hydrogens is 465 g/mol. The number of aromatic nitrogens is 1. The summed E-state index contributed by atoms with van der Waals surface area (Å²) in [5.74, 6) is -0.941. The molecule has 0 saturated heterocycles. The second-order valence-electron chi connectivity index (χ2n) is 6.36. The van der Waals surface area contributed by atoms with Crippen molar-refractivity contribution in [2.45, 2.75) is 25.7 Å². The number of carbonyl (C=O) groups is 1. The molecule has 0 radical (unpaired) electrons. The van der Waals surface area contributed by atoms with Gasteiger partial charge in [0.05, 0.1) is 21.8 Å². The summed E-state index contributed by atoms with van der Waals surface area (Å²) in [6.45, 7) is 4.63. The summed E-state index contributed by atoms with van der Waals surface area (Å²) in [4.78, 5) is 11.4. The molecule has 1 heterocycles. The first-order valence-corrected chi connectivity index (χ1v) is 10.7. The SMILES string of the molecule is CC(=O)Nc1onc(C)c1-c1ccc(C)c(S(=O)(=O)Nc2ccc(Br)cc2F)c1. The predicted octanol–water partition coefficient (Wildman–Crippen LogP) is 4.62. The summed E-state index contributed by atoms with van der Waals surface area (Å²) < 4.78 is 47.9. The Morgan fingerprint density at radius 1 is 1.17 bits per heavy atom. The van der Waals surface area contributed by atoms with Crippen LogP contribution in [0.1, 0.15) is 18.2 Å². The van der Waals surface area contributed by atoms with E-state index in [1.165, 1.54) is 31.2 Å². The average Bonchev–Trinajstić information content (AvgIpc) is 2.97. The highest BCUT2D eigenvalue weighted by molar-refractivity contribution is 9.10. The molecule has 0 aliphatic heterocycles. The maximum absolute atomic E-state index is 14.1. The molecule has 2 N–H and O–H groups in total. The Balaban J connectivity index is 2.06. The molecule has 0 bridgehead atoms. The number of nitrogens with zero attached hydrogens (tertiary/aromatic N) is 1. The fourth-order valence-electron chi connectivity index (χ4n) is 2.77. The quantitative estimate of drug-likeness (QED) is 0.553. The summed E-state index contributed by atoms with van der Waals surface area (Å²) in [5.41, 5.74) is 1.72. The van der Waals surface area contributed by atoms with E-state index in [0.29, 0.717) is 26.9 Å². The first kappa shape index (κ1) is 21.0. The van der Waals surface area contributed by atoms with Crippen molar-refractivity contribution in [2.24, 2.45) is 0 Å². The van der Waals surface area contributed by atoms with Crippen molar-refractivity contribution in [3.63, 3.8) is 0 Å². The number of sulfonamides is 1. The van der Waals surface area contributed by atoms with E-state index in [-0.39, 0.29) is 22.4 Å². The molecule has 3 rings (SSSR count). The topological polar surface area (TPSA) is 101 Å². The van der Waals surface area contributed by atoms with Crippen LogP contribution in [0.3, 0.4) is 0 Å². The van der Waals surface area contributed by atoms with Gasteiger partial charge in [0.25, 0.3) is 10.0 Å². The molecule has 0 aliphatic carbocycles. The fraction of sp³-hybridized carbons (Fsp3) is 0.158. The molecule has 0 fully saturated rings. The van der Waals surface area contributed by atoms with Crippen LogP contribution in [0.2, 0.25) is 0 Å². The lowest BCUT2D eigenvalue weighted by molar-refractivity contribution is -0.114. The maximum atomic E-state index is 14.1. The van der Waals surface area contributed by atoms with Crippen molar-refractivity contribution < 1.29 is 22.1 Å². The molecule has 0 atom stereocenters. The Kier molecular flexibility index (Phi) is 5.76. The molecular formula is C19H17BrFN3O4S. The van der Waals surface area contributed by atoms with Crippen molar-refractivity contribution in [2.75, 3.05) is 10.0 Å². The third kappa shape index (κ3) is 4.48. The van der Waals surface area contributed by atoms with Crippen molar-refractivity contribution in [3.05, 3.63) is 57.9 Å². The maximum Gasteiger partial charge on any atom is 0.262 e. The number of nitrogens with one attached hydrogen (secondary N) is 2. The van der Waals surface area contributed by atoms with Gasteiger partial charge >= 0.3 is 0 Å². The lowest BCUT2D eigenvalue weighted by atomic mass is 10.0. The molecule has 7 nitrogen and oxygen atoms in total. The molecule has 0 unspecified atom stereocenters. The van der Waals surface area contributed by atoms with Crippen molar-refractivity contribution in [1.29, 1.82) is 0 Å². The van der Waals surface area contributed by atoms with E-state index in [4.69, 9.17) is 4.52 Å². The Morgan fingerprint density at radius 2 is 1.90 bits per heavy atom. The van der Waals surface area contributed by atoms with Crippen LogP contribution in [0.5, 0.6) is 0 Å². The number of aryl methyl sites for hydroxylation is 2. The average molecular weight is 482 g/mol. The van der Waals surface area contributed by atoms with Gasteiger partial charge in [0.15, 0.2) is 0 Å². The smallest absolute Gasteiger partial charge is 0.262 e. The highest BCUT2D eigenvalue weighted by Gasteiger charge is 2.22. The summed E-state index contributed by atoms with van der Waals surface area (Å²) >= 11 is 3.13. The van der Waals surface area contributed by atoms with Gasteiger partial charge in [0, 0.05) is 11.4 Å². The molecule has 152 valence electrons. The molecule has 1 amide bonds. The van der Waals surface area contributed by atoms with E-state index < -0.39 is 15.8 Å². The molecule has 0 aliphatic rings. The van der Waals surface area contributed by atoms with Crippen LogP contribution in [0.15, 0.2) is 50.3 Å². The van der Waals surface area contributed by atoms with Gasteiger partial charge in [0.1, 0.15) is 5.82 Å². The Hall–Kier alpha value is -2.72. The van der Waals surface area contributed by atoms with Gasteiger partial charge in [-0.05, 0) is 49.2 Å². The number of benzene rings is 2. The monoisotopic (exact) mass is 481 g/mol. The third-order valence-electron chi connectivity index (χ3n) is 4.09. The van der Waals surface area contributed by atoms with Gasteiger partial charge in [-0.15, -0.1) is 0 Å². The minimum absolute atomic E-state index is 0.0355. The number of rotatable bonds is 5. The zero-order chi connectivity index (χ0) is 21.3. The molecule has 1 aromatic heterocycles. The molecule has 0 saturated carbocycles. The van der Waals surface area contributed by atoms with Gasteiger partial charge in [-0.3, -0.25) is 14.8 Å². The minimum Gasteiger partial charge on any atom is -0.337 e. The van der Waals surface area contributed by atoms with E-state index in [0.717, 1.165) is 0 Å². The van der Waals surface area contributed by atoms with Crippen molar-refractivity contribution in [3.8, 4) is 11.1 Å². The summed E-state index contributed by atoms with van der Waals surface area (Å²) in [6, 6.07) is 8.77. The van der Waals surface area contributed by atoms with Crippen LogP contribution in [0.4, 0.5) is 16.0 Å². The van der Waals surface area contributed by atoms with Crippen LogP contribution < -0.4 is 10.0 Å². The second kappa shape index (κ2) is 7.96. The van der Waals surface area contributed by atoms with Gasteiger partial charge in [-0.25, -0.2) is 12.8 Å². The molecule has 0 spiro atoms. The number of carbonyl (C=O) groups excluding carboxylic acids is 1. The first-order valence-electron chi connectivity index (χ1n) is 8.41. The van der Waals surface area contributed by atoms with Crippen LogP contribution in [-0.4, -0.2) is 19.5 Å². The Bertz CT molecular complexity index is 1210. The molecule has 29 heavy (non-hydrogen) atoms. The van der Waals surface area contributed by atoms with Gasteiger partial charge in [-0.2, -0.15) is 0 Å². The zero-order valence-electron chi connectivity index (χ0n) is 15.7.